The van der Waals surface area contributed by atoms with Crippen molar-refractivity contribution in [2.45, 2.75) is 19.4 Å². The van der Waals surface area contributed by atoms with E-state index in [0.717, 1.165) is 5.69 Å². The second-order valence-corrected chi connectivity index (χ2v) is 3.04. The fourth-order valence-corrected chi connectivity index (χ4v) is 1.12. The summed E-state index contributed by atoms with van der Waals surface area (Å²) in [5.74, 6) is 3.21. The minimum atomic E-state index is 0.257. The predicted octanol–water partition coefficient (Wildman–Crippen LogP) is 1.91. The highest BCUT2D eigenvalue weighted by Crippen LogP contribution is 2.14. The van der Waals surface area contributed by atoms with Gasteiger partial charge in [-0.25, -0.2) is 4.98 Å². The molecule has 3 heteroatoms. The second kappa shape index (κ2) is 5.13. The summed E-state index contributed by atoms with van der Waals surface area (Å²) in [4.78, 5) is 4.01. The van der Waals surface area contributed by atoms with E-state index >= 15 is 0 Å². The van der Waals surface area contributed by atoms with Crippen LogP contribution in [0, 0.1) is 12.3 Å². The molecule has 0 aliphatic carbocycles. The first kappa shape index (κ1) is 10.4. The quantitative estimate of drug-likeness (QED) is 0.736. The summed E-state index contributed by atoms with van der Waals surface area (Å²) in [7, 11) is 1.59. The smallest absolute Gasteiger partial charge is 0.214 e. The molecule has 0 bridgehead atoms. The van der Waals surface area contributed by atoms with Crippen LogP contribution in [0.3, 0.4) is 0 Å². The van der Waals surface area contributed by atoms with Crippen LogP contribution < -0.4 is 10.1 Å². The van der Waals surface area contributed by atoms with Crippen LogP contribution in [0.15, 0.2) is 18.3 Å². The van der Waals surface area contributed by atoms with Crippen LogP contribution in [0.1, 0.15) is 13.3 Å². The first-order valence-corrected chi connectivity index (χ1v) is 4.46. The molecule has 3 nitrogen and oxygen atoms in total. The van der Waals surface area contributed by atoms with E-state index in [4.69, 9.17) is 11.2 Å². The number of nitrogens with zero attached hydrogens (tertiary/aromatic N) is 1. The number of hydrogen-bond acceptors (Lipinski definition) is 3. The molecule has 1 N–H and O–H groups in total. The Bertz CT molecular complexity index is 330. The molecule has 0 aromatic carbocycles. The van der Waals surface area contributed by atoms with Crippen molar-refractivity contribution in [1.29, 1.82) is 0 Å². The van der Waals surface area contributed by atoms with E-state index in [1.165, 1.54) is 0 Å². The molecule has 1 rings (SSSR count). The number of hydrogen-bond donors (Lipinski definition) is 1. The SMILES string of the molecule is C#CCC(C)Nc1ccnc(OC)c1. The lowest BCUT2D eigenvalue weighted by Crippen LogP contribution is -2.13. The molecule has 1 aromatic heterocycles. The maximum atomic E-state index is 5.21. The third kappa shape index (κ3) is 2.98. The Hall–Kier alpha value is -1.69. The Morgan fingerprint density at radius 3 is 3.14 bits per heavy atom. The van der Waals surface area contributed by atoms with Gasteiger partial charge in [-0.2, -0.15) is 0 Å². The summed E-state index contributed by atoms with van der Waals surface area (Å²) >= 11 is 0. The fourth-order valence-electron chi connectivity index (χ4n) is 1.12. The largest absolute Gasteiger partial charge is 0.481 e. The van der Waals surface area contributed by atoms with E-state index in [9.17, 15) is 0 Å². The van der Waals surface area contributed by atoms with Crippen molar-refractivity contribution < 1.29 is 4.74 Å². The molecule has 1 aromatic rings. The maximum Gasteiger partial charge on any atom is 0.214 e. The van der Waals surface area contributed by atoms with E-state index < -0.39 is 0 Å². The van der Waals surface area contributed by atoms with E-state index in [0.29, 0.717) is 12.3 Å². The van der Waals surface area contributed by atoms with Crippen molar-refractivity contribution in [3.8, 4) is 18.2 Å². The van der Waals surface area contributed by atoms with Gasteiger partial charge in [0.05, 0.1) is 7.11 Å². The van der Waals surface area contributed by atoms with Gasteiger partial charge in [0, 0.05) is 30.4 Å². The maximum absolute atomic E-state index is 5.21. The van der Waals surface area contributed by atoms with Crippen LogP contribution in [-0.2, 0) is 0 Å². The Morgan fingerprint density at radius 2 is 2.50 bits per heavy atom. The molecule has 0 aliphatic rings. The molecule has 0 fully saturated rings. The molecule has 0 radical (unpaired) electrons. The first-order valence-electron chi connectivity index (χ1n) is 4.46. The first-order chi connectivity index (χ1) is 6.76. The van der Waals surface area contributed by atoms with Gasteiger partial charge in [0.1, 0.15) is 0 Å². The summed E-state index contributed by atoms with van der Waals surface area (Å²) in [5, 5.41) is 3.26. The van der Waals surface area contributed by atoms with E-state index in [2.05, 4.69) is 16.2 Å². The van der Waals surface area contributed by atoms with Crippen molar-refractivity contribution in [2.24, 2.45) is 0 Å². The highest BCUT2D eigenvalue weighted by molar-refractivity contribution is 5.45. The van der Waals surface area contributed by atoms with Crippen molar-refractivity contribution >= 4 is 5.69 Å². The van der Waals surface area contributed by atoms with Crippen molar-refractivity contribution in [3.05, 3.63) is 18.3 Å². The Balaban J connectivity index is 2.63. The molecular formula is C11H14N2O. The van der Waals surface area contributed by atoms with Crippen LogP contribution in [0.2, 0.25) is 0 Å². The minimum absolute atomic E-state index is 0.257. The van der Waals surface area contributed by atoms with Crippen LogP contribution in [0.4, 0.5) is 5.69 Å². The summed E-state index contributed by atoms with van der Waals surface area (Å²) in [6, 6.07) is 3.98. The Labute approximate surface area is 84.5 Å². The summed E-state index contributed by atoms with van der Waals surface area (Å²) in [6.07, 6.45) is 7.61. The van der Waals surface area contributed by atoms with Gasteiger partial charge >= 0.3 is 0 Å². The van der Waals surface area contributed by atoms with E-state index in [1.54, 1.807) is 13.3 Å². The topological polar surface area (TPSA) is 34.2 Å². The molecule has 0 saturated carbocycles. The van der Waals surface area contributed by atoms with Gasteiger partial charge in [0.25, 0.3) is 0 Å². The lowest BCUT2D eigenvalue weighted by molar-refractivity contribution is 0.398. The molecule has 14 heavy (non-hydrogen) atoms. The van der Waals surface area contributed by atoms with Crippen molar-refractivity contribution in [1.82, 2.24) is 4.98 Å². The van der Waals surface area contributed by atoms with Crippen LogP contribution in [0.25, 0.3) is 0 Å². The van der Waals surface area contributed by atoms with Crippen LogP contribution >= 0.6 is 0 Å². The monoisotopic (exact) mass is 190 g/mol. The minimum Gasteiger partial charge on any atom is -0.481 e. The Kier molecular flexibility index (Phi) is 3.81. The third-order valence-corrected chi connectivity index (χ3v) is 1.78. The molecule has 0 aliphatic heterocycles. The normalized spacial score (nSPS) is 11.5. The molecular weight excluding hydrogens is 176 g/mol. The molecule has 0 saturated heterocycles. The summed E-state index contributed by atoms with van der Waals surface area (Å²) in [5.41, 5.74) is 0.972. The highest BCUT2D eigenvalue weighted by atomic mass is 16.5. The van der Waals surface area contributed by atoms with Crippen LogP contribution in [-0.4, -0.2) is 18.1 Å². The van der Waals surface area contributed by atoms with Crippen molar-refractivity contribution in [3.63, 3.8) is 0 Å². The number of ether oxygens (including phenoxy) is 1. The zero-order chi connectivity index (χ0) is 10.4. The average molecular weight is 190 g/mol. The van der Waals surface area contributed by atoms with Gasteiger partial charge in [-0.05, 0) is 13.0 Å². The molecule has 1 heterocycles. The van der Waals surface area contributed by atoms with E-state index in [1.807, 2.05) is 19.1 Å². The molecule has 1 atom stereocenters. The number of rotatable bonds is 4. The van der Waals surface area contributed by atoms with Crippen molar-refractivity contribution in [2.75, 3.05) is 12.4 Å². The van der Waals surface area contributed by atoms with Gasteiger partial charge < -0.3 is 10.1 Å². The third-order valence-electron chi connectivity index (χ3n) is 1.78. The van der Waals surface area contributed by atoms with Crippen LogP contribution in [0.5, 0.6) is 5.88 Å². The fraction of sp³-hybridized carbons (Fsp3) is 0.364. The zero-order valence-electron chi connectivity index (χ0n) is 8.45. The van der Waals surface area contributed by atoms with Gasteiger partial charge in [0.15, 0.2) is 0 Å². The number of methoxy groups -OCH3 is 1. The standard InChI is InChI=1S/C11H14N2O/c1-4-5-9(2)13-10-6-7-12-11(8-10)14-3/h1,6-9H,5H2,2-3H3,(H,12,13). The van der Waals surface area contributed by atoms with Gasteiger partial charge in [-0.1, -0.05) is 0 Å². The number of nitrogens with one attached hydrogen (secondary N) is 1. The highest BCUT2D eigenvalue weighted by Gasteiger charge is 2.01. The lowest BCUT2D eigenvalue weighted by Gasteiger charge is -2.12. The summed E-state index contributed by atoms with van der Waals surface area (Å²) < 4.78 is 5.00. The number of anilines is 1. The summed E-state index contributed by atoms with van der Waals surface area (Å²) in [6.45, 7) is 2.03. The van der Waals surface area contributed by atoms with Gasteiger partial charge in [-0.15, -0.1) is 12.3 Å². The van der Waals surface area contributed by atoms with Gasteiger partial charge in [0.2, 0.25) is 5.88 Å². The molecule has 1 unspecified atom stereocenters. The molecule has 0 amide bonds. The number of terminal acetylenes is 1. The Morgan fingerprint density at radius 1 is 1.71 bits per heavy atom. The molecule has 74 valence electrons. The lowest BCUT2D eigenvalue weighted by atomic mass is 10.2. The zero-order valence-corrected chi connectivity index (χ0v) is 8.45. The average Bonchev–Trinajstić information content (AvgIpc) is 2.18. The molecule has 0 spiro atoms. The second-order valence-electron chi connectivity index (χ2n) is 3.04. The number of aromatic nitrogens is 1. The number of pyridine rings is 1. The van der Waals surface area contributed by atoms with E-state index in [-0.39, 0.29) is 6.04 Å². The van der Waals surface area contributed by atoms with Gasteiger partial charge in [-0.3, -0.25) is 0 Å². The predicted molar refractivity (Wildman–Crippen MR) is 57.3 cm³/mol.